The van der Waals surface area contributed by atoms with Gasteiger partial charge in [0, 0.05) is 17.1 Å². The van der Waals surface area contributed by atoms with Crippen LogP contribution >= 0.6 is 23.4 Å². The molecule has 2 aromatic carbocycles. The summed E-state index contributed by atoms with van der Waals surface area (Å²) in [7, 11) is 0. The van der Waals surface area contributed by atoms with Crippen LogP contribution in [0.1, 0.15) is 24.5 Å². The fourth-order valence-electron chi connectivity index (χ4n) is 3.05. The predicted octanol–water partition coefficient (Wildman–Crippen LogP) is 4.06. The minimum absolute atomic E-state index is 0.0478. The monoisotopic (exact) mass is 462 g/mol. The molecule has 2 aromatic rings. The molecule has 0 bridgehead atoms. The standard InChI is InChI=1S/C23H27ClN2O4S/c1-3-10-25-23-26(19-7-5-4-6-15(19)2)22(29)21(31-23)12-16-8-9-20(18(24)11-16)30-14-17(28)13-27/h4-9,11-12,17,22,27-29H,3,10,13-14H2,1-2H3/b21-12-,25-23?/t17-,22?/m1/s1. The van der Waals surface area contributed by atoms with Crippen molar-refractivity contribution in [2.45, 2.75) is 32.6 Å². The van der Waals surface area contributed by atoms with Crippen LogP contribution in [0, 0.1) is 6.92 Å². The Morgan fingerprint density at radius 3 is 2.74 bits per heavy atom. The van der Waals surface area contributed by atoms with Gasteiger partial charge in [-0.25, -0.2) is 0 Å². The molecule has 8 heteroatoms. The van der Waals surface area contributed by atoms with Gasteiger partial charge in [-0.2, -0.15) is 0 Å². The molecular weight excluding hydrogens is 436 g/mol. The largest absolute Gasteiger partial charge is 0.489 e. The summed E-state index contributed by atoms with van der Waals surface area (Å²) in [5.41, 5.74) is 2.79. The number of aryl methyl sites for hydroxylation is 1. The van der Waals surface area contributed by atoms with E-state index in [4.69, 9.17) is 21.4 Å². The second kappa shape index (κ2) is 11.0. The second-order valence-electron chi connectivity index (χ2n) is 7.18. The van der Waals surface area contributed by atoms with Gasteiger partial charge in [-0.05, 0) is 48.7 Å². The van der Waals surface area contributed by atoms with E-state index in [0.29, 0.717) is 17.3 Å². The minimum Gasteiger partial charge on any atom is -0.489 e. The van der Waals surface area contributed by atoms with Crippen LogP contribution in [0.3, 0.4) is 0 Å². The number of amidine groups is 1. The maximum absolute atomic E-state index is 11.1. The Morgan fingerprint density at radius 1 is 1.29 bits per heavy atom. The zero-order valence-electron chi connectivity index (χ0n) is 17.5. The van der Waals surface area contributed by atoms with Gasteiger partial charge in [0.2, 0.25) is 0 Å². The van der Waals surface area contributed by atoms with E-state index in [0.717, 1.165) is 33.3 Å². The Morgan fingerprint density at radius 2 is 2.06 bits per heavy atom. The molecule has 1 unspecified atom stereocenters. The maximum Gasteiger partial charge on any atom is 0.170 e. The molecule has 1 fully saturated rings. The first kappa shape index (κ1) is 23.6. The van der Waals surface area contributed by atoms with Gasteiger partial charge in [0.1, 0.15) is 18.5 Å². The molecule has 1 aliphatic heterocycles. The molecule has 31 heavy (non-hydrogen) atoms. The molecule has 3 rings (SSSR count). The molecule has 1 saturated heterocycles. The van der Waals surface area contributed by atoms with E-state index in [9.17, 15) is 10.2 Å². The van der Waals surface area contributed by atoms with Crippen LogP contribution in [0.15, 0.2) is 52.4 Å². The minimum atomic E-state index is -0.962. The van der Waals surface area contributed by atoms with Gasteiger partial charge >= 0.3 is 0 Å². The van der Waals surface area contributed by atoms with Crippen molar-refractivity contribution >= 4 is 40.3 Å². The lowest BCUT2D eigenvalue weighted by Gasteiger charge is -2.24. The normalized spacial score (nSPS) is 19.9. The lowest BCUT2D eigenvalue weighted by atomic mass is 10.1. The topological polar surface area (TPSA) is 85.5 Å². The third-order valence-electron chi connectivity index (χ3n) is 4.67. The molecule has 2 atom stereocenters. The molecule has 6 nitrogen and oxygen atoms in total. The molecular formula is C23H27ClN2O4S. The summed E-state index contributed by atoms with van der Waals surface area (Å²) < 4.78 is 5.44. The summed E-state index contributed by atoms with van der Waals surface area (Å²) in [4.78, 5) is 7.28. The Labute approximate surface area is 191 Å². The molecule has 0 spiro atoms. The third kappa shape index (κ3) is 5.81. The van der Waals surface area contributed by atoms with Crippen LogP contribution in [0.2, 0.25) is 5.02 Å². The average molecular weight is 463 g/mol. The van der Waals surface area contributed by atoms with Crippen LogP contribution < -0.4 is 9.64 Å². The fraction of sp³-hybridized carbons (Fsp3) is 0.348. The number of benzene rings is 2. The highest BCUT2D eigenvalue weighted by atomic mass is 35.5. The van der Waals surface area contributed by atoms with Crippen molar-refractivity contribution in [2.75, 3.05) is 24.7 Å². The highest BCUT2D eigenvalue weighted by Gasteiger charge is 2.35. The molecule has 0 saturated carbocycles. The van der Waals surface area contributed by atoms with Crippen LogP contribution in [-0.4, -0.2) is 52.6 Å². The van der Waals surface area contributed by atoms with E-state index in [2.05, 4.69) is 11.9 Å². The highest BCUT2D eigenvalue weighted by molar-refractivity contribution is 8.18. The van der Waals surface area contributed by atoms with Crippen LogP contribution in [0.4, 0.5) is 5.69 Å². The first-order chi connectivity index (χ1) is 14.9. The van der Waals surface area contributed by atoms with Crippen molar-refractivity contribution in [1.82, 2.24) is 0 Å². The third-order valence-corrected chi connectivity index (χ3v) is 6.03. The molecule has 0 aromatic heterocycles. The number of thioether (sulfide) groups is 1. The lowest BCUT2D eigenvalue weighted by Crippen LogP contribution is -2.33. The van der Waals surface area contributed by atoms with Crippen LogP contribution in [-0.2, 0) is 0 Å². The van der Waals surface area contributed by atoms with Crippen molar-refractivity contribution < 1.29 is 20.1 Å². The number of aliphatic hydroxyl groups is 3. The zero-order valence-corrected chi connectivity index (χ0v) is 19.1. The summed E-state index contributed by atoms with van der Waals surface area (Å²) in [5, 5.41) is 30.6. The van der Waals surface area contributed by atoms with Crippen molar-refractivity contribution in [3.63, 3.8) is 0 Å². The molecule has 1 aliphatic rings. The first-order valence-corrected chi connectivity index (χ1v) is 11.3. The predicted molar refractivity (Wildman–Crippen MR) is 128 cm³/mol. The van der Waals surface area contributed by atoms with Gasteiger partial charge < -0.3 is 20.1 Å². The Kier molecular flexibility index (Phi) is 8.40. The van der Waals surface area contributed by atoms with Gasteiger partial charge in [-0.3, -0.25) is 9.89 Å². The summed E-state index contributed by atoms with van der Waals surface area (Å²) in [5.74, 6) is 0.419. The van der Waals surface area contributed by atoms with Gasteiger partial charge in [-0.1, -0.05) is 54.6 Å². The summed E-state index contributed by atoms with van der Waals surface area (Å²) >= 11 is 7.76. The molecule has 166 valence electrons. The number of anilines is 1. The lowest BCUT2D eigenvalue weighted by molar-refractivity contribution is 0.0536. The van der Waals surface area contributed by atoms with Crippen molar-refractivity contribution in [3.05, 3.63) is 63.5 Å². The second-order valence-corrected chi connectivity index (χ2v) is 8.63. The van der Waals surface area contributed by atoms with Crippen LogP contribution in [0.25, 0.3) is 6.08 Å². The van der Waals surface area contributed by atoms with Gasteiger partial charge in [-0.15, -0.1) is 0 Å². The fourth-order valence-corrected chi connectivity index (χ4v) is 4.37. The number of hydrogen-bond acceptors (Lipinski definition) is 6. The highest BCUT2D eigenvalue weighted by Crippen LogP contribution is 2.40. The molecule has 3 N–H and O–H groups in total. The van der Waals surface area contributed by atoms with Gasteiger partial charge in [0.25, 0.3) is 0 Å². The number of aliphatic hydroxyl groups excluding tert-OH is 3. The smallest absolute Gasteiger partial charge is 0.170 e. The average Bonchev–Trinajstić information content (AvgIpc) is 3.06. The van der Waals surface area contributed by atoms with Crippen LogP contribution in [0.5, 0.6) is 5.75 Å². The molecule has 0 amide bonds. The Hall–Kier alpha value is -2.03. The van der Waals surface area contributed by atoms with E-state index in [1.54, 1.807) is 12.1 Å². The van der Waals surface area contributed by atoms with Gasteiger partial charge in [0.05, 0.1) is 11.6 Å². The molecule has 1 heterocycles. The number of nitrogens with zero attached hydrogens (tertiary/aromatic N) is 2. The van der Waals surface area contributed by atoms with E-state index in [1.807, 2.05) is 48.2 Å². The molecule has 0 radical (unpaired) electrons. The quantitative estimate of drug-likeness (QED) is 0.548. The number of hydrogen-bond donors (Lipinski definition) is 3. The van der Waals surface area contributed by atoms with Gasteiger partial charge in [0.15, 0.2) is 11.4 Å². The van der Waals surface area contributed by atoms with E-state index >= 15 is 0 Å². The Balaban J connectivity index is 1.87. The number of para-hydroxylation sites is 1. The maximum atomic E-state index is 11.1. The number of halogens is 1. The van der Waals surface area contributed by atoms with E-state index in [1.165, 1.54) is 11.8 Å². The number of rotatable bonds is 8. The van der Waals surface area contributed by atoms with Crippen molar-refractivity contribution in [3.8, 4) is 5.75 Å². The Bertz CT molecular complexity index is 966. The summed E-state index contributed by atoms with van der Waals surface area (Å²) in [6, 6.07) is 13.2. The number of aliphatic imine (C=N–C) groups is 1. The first-order valence-electron chi connectivity index (χ1n) is 10.1. The number of ether oxygens (including phenoxy) is 1. The molecule has 0 aliphatic carbocycles. The zero-order chi connectivity index (χ0) is 22.4. The summed E-state index contributed by atoms with van der Waals surface area (Å²) in [6.45, 7) is 4.34. The summed E-state index contributed by atoms with van der Waals surface area (Å²) in [6.07, 6.45) is 0.989. The van der Waals surface area contributed by atoms with Crippen molar-refractivity contribution in [1.29, 1.82) is 0 Å². The SMILES string of the molecule is CCCN=C1S/C(=C\c2ccc(OC[C@H](O)CO)c(Cl)c2)C(O)N1c1ccccc1C. The van der Waals surface area contributed by atoms with Crippen molar-refractivity contribution in [2.24, 2.45) is 4.99 Å². The van der Waals surface area contributed by atoms with E-state index in [-0.39, 0.29) is 13.2 Å². The van der Waals surface area contributed by atoms with E-state index < -0.39 is 12.3 Å².